The van der Waals surface area contributed by atoms with E-state index in [2.05, 4.69) is 5.43 Å². The Morgan fingerprint density at radius 2 is 2.11 bits per heavy atom. The largest absolute Gasteiger partial charge is 0.271 e. The van der Waals surface area contributed by atoms with Gasteiger partial charge in [-0.2, -0.15) is 0 Å². The van der Waals surface area contributed by atoms with Gasteiger partial charge >= 0.3 is 0 Å². The van der Waals surface area contributed by atoms with Crippen LogP contribution in [0.15, 0.2) is 18.2 Å². The molecule has 6 heteroatoms. The molecule has 3 N–H and O–H groups in total. The second kappa shape index (κ2) is 6.26. The summed E-state index contributed by atoms with van der Waals surface area (Å²) in [6, 6.07) is 4.68. The molecule has 4 nitrogen and oxygen atoms in total. The Morgan fingerprint density at radius 1 is 1.44 bits per heavy atom. The van der Waals surface area contributed by atoms with Gasteiger partial charge in [-0.05, 0) is 37.0 Å². The zero-order chi connectivity index (χ0) is 13.8. The first-order chi connectivity index (χ1) is 8.33. The fraction of sp³-hybridized carbons (Fsp3) is 0.500. The third-order valence-electron chi connectivity index (χ3n) is 2.81. The number of hydrogen-bond acceptors (Lipinski definition) is 4. The maximum atomic E-state index is 13.4. The fourth-order valence-electron chi connectivity index (χ4n) is 1.72. The van der Waals surface area contributed by atoms with Crippen LogP contribution in [0.25, 0.3) is 0 Å². The smallest absolute Gasteiger partial charge is 0.147 e. The van der Waals surface area contributed by atoms with E-state index in [9.17, 15) is 12.8 Å². The normalized spacial score (nSPS) is 13.6. The second-order valence-electron chi connectivity index (χ2n) is 4.50. The molecular formula is C12H19FN2O2S. The van der Waals surface area contributed by atoms with E-state index in [0.717, 1.165) is 5.56 Å². The molecule has 0 aromatic heterocycles. The van der Waals surface area contributed by atoms with Crippen LogP contribution in [0.2, 0.25) is 0 Å². The van der Waals surface area contributed by atoms with E-state index in [1.54, 1.807) is 19.1 Å². The van der Waals surface area contributed by atoms with Crippen molar-refractivity contribution in [2.24, 2.45) is 5.84 Å². The van der Waals surface area contributed by atoms with Crippen LogP contribution in [0, 0.1) is 12.7 Å². The molecule has 1 unspecified atom stereocenters. The van der Waals surface area contributed by atoms with Crippen LogP contribution in [0.1, 0.15) is 30.0 Å². The first kappa shape index (κ1) is 15.1. The van der Waals surface area contributed by atoms with E-state index in [1.807, 2.05) is 0 Å². The van der Waals surface area contributed by atoms with Crippen molar-refractivity contribution in [2.45, 2.75) is 25.8 Å². The van der Waals surface area contributed by atoms with Gasteiger partial charge in [0.15, 0.2) is 0 Å². The first-order valence-corrected chi connectivity index (χ1v) is 7.79. The molecule has 0 amide bonds. The Bertz CT molecular complexity index is 503. The number of rotatable bonds is 6. The monoisotopic (exact) mass is 274 g/mol. The lowest BCUT2D eigenvalue weighted by Crippen LogP contribution is -2.28. The van der Waals surface area contributed by atoms with Gasteiger partial charge in [0, 0.05) is 18.1 Å². The summed E-state index contributed by atoms with van der Waals surface area (Å²) in [4.78, 5) is 0. The van der Waals surface area contributed by atoms with Crippen LogP contribution in [-0.4, -0.2) is 20.4 Å². The van der Waals surface area contributed by atoms with Crippen molar-refractivity contribution in [3.05, 3.63) is 35.1 Å². The molecule has 18 heavy (non-hydrogen) atoms. The molecule has 0 saturated carbocycles. The first-order valence-electron chi connectivity index (χ1n) is 5.73. The number of nitrogens with two attached hydrogens (primary N) is 1. The molecule has 0 radical (unpaired) electrons. The van der Waals surface area contributed by atoms with Crippen LogP contribution in [0.3, 0.4) is 0 Å². The molecule has 0 aliphatic carbocycles. The van der Waals surface area contributed by atoms with E-state index in [1.165, 1.54) is 12.3 Å². The van der Waals surface area contributed by atoms with Crippen molar-refractivity contribution in [1.29, 1.82) is 0 Å². The zero-order valence-corrected chi connectivity index (χ0v) is 11.4. The second-order valence-corrected chi connectivity index (χ2v) is 6.76. The Morgan fingerprint density at radius 3 is 2.61 bits per heavy atom. The van der Waals surface area contributed by atoms with Gasteiger partial charge in [-0.1, -0.05) is 12.1 Å². The SMILES string of the molecule is Cc1ccc(C(CCCS(C)(=O)=O)NN)cc1F. The van der Waals surface area contributed by atoms with Crippen molar-refractivity contribution in [2.75, 3.05) is 12.0 Å². The minimum Gasteiger partial charge on any atom is -0.271 e. The molecule has 0 heterocycles. The van der Waals surface area contributed by atoms with Crippen LogP contribution in [0.4, 0.5) is 4.39 Å². The lowest BCUT2D eigenvalue weighted by molar-refractivity contribution is 0.503. The van der Waals surface area contributed by atoms with Gasteiger partial charge in [0.05, 0.1) is 0 Å². The standard InChI is InChI=1S/C12H19FN2O2S/c1-9-5-6-10(8-11(9)13)12(15-14)4-3-7-18(2,16)17/h5-6,8,12,15H,3-4,7,14H2,1-2H3. The van der Waals surface area contributed by atoms with Gasteiger partial charge in [0.1, 0.15) is 15.7 Å². The van der Waals surface area contributed by atoms with Gasteiger partial charge < -0.3 is 0 Å². The molecule has 0 saturated heterocycles. The summed E-state index contributed by atoms with van der Waals surface area (Å²) in [6.07, 6.45) is 2.23. The third-order valence-corrected chi connectivity index (χ3v) is 3.84. The Hall–Kier alpha value is -0.980. The highest BCUT2D eigenvalue weighted by atomic mass is 32.2. The molecule has 0 spiro atoms. The molecule has 1 aromatic carbocycles. The summed E-state index contributed by atoms with van der Waals surface area (Å²) in [5, 5.41) is 0. The van der Waals surface area contributed by atoms with Gasteiger partial charge in [0.2, 0.25) is 0 Å². The van der Waals surface area contributed by atoms with Crippen LogP contribution in [-0.2, 0) is 9.84 Å². The van der Waals surface area contributed by atoms with Crippen molar-refractivity contribution in [1.82, 2.24) is 5.43 Å². The van der Waals surface area contributed by atoms with Gasteiger partial charge in [0.25, 0.3) is 0 Å². The molecule has 0 aliphatic rings. The molecule has 0 bridgehead atoms. The van der Waals surface area contributed by atoms with Crippen LogP contribution >= 0.6 is 0 Å². The number of sulfone groups is 1. The maximum absolute atomic E-state index is 13.4. The fourth-order valence-corrected chi connectivity index (χ4v) is 2.41. The number of aryl methyl sites for hydroxylation is 1. The number of hydrogen-bond donors (Lipinski definition) is 2. The van der Waals surface area contributed by atoms with Crippen LogP contribution in [0.5, 0.6) is 0 Å². The Kier molecular flexibility index (Phi) is 5.25. The van der Waals surface area contributed by atoms with Crippen molar-refractivity contribution >= 4 is 9.84 Å². The molecule has 1 rings (SSSR count). The topological polar surface area (TPSA) is 72.2 Å². The van der Waals surface area contributed by atoms with E-state index in [0.29, 0.717) is 18.4 Å². The summed E-state index contributed by atoms with van der Waals surface area (Å²) in [5.74, 6) is 5.25. The molecule has 0 fully saturated rings. The van der Waals surface area contributed by atoms with Crippen molar-refractivity contribution in [3.8, 4) is 0 Å². The number of nitrogens with one attached hydrogen (secondary N) is 1. The predicted molar refractivity (Wildman–Crippen MR) is 70.1 cm³/mol. The molecule has 1 atom stereocenters. The van der Waals surface area contributed by atoms with Crippen molar-refractivity contribution < 1.29 is 12.8 Å². The van der Waals surface area contributed by atoms with E-state index < -0.39 is 9.84 Å². The minimum atomic E-state index is -2.97. The summed E-state index contributed by atoms with van der Waals surface area (Å²) in [7, 11) is -2.97. The highest BCUT2D eigenvalue weighted by Crippen LogP contribution is 2.20. The predicted octanol–water partition coefficient (Wildman–Crippen LogP) is 1.46. The van der Waals surface area contributed by atoms with Gasteiger partial charge in [-0.25, -0.2) is 12.8 Å². The maximum Gasteiger partial charge on any atom is 0.147 e. The number of hydrazine groups is 1. The molecular weight excluding hydrogens is 255 g/mol. The number of halogens is 1. The average Bonchev–Trinajstić information content (AvgIpc) is 2.27. The van der Waals surface area contributed by atoms with Gasteiger partial charge in [-0.15, -0.1) is 0 Å². The lowest BCUT2D eigenvalue weighted by atomic mass is 10.0. The zero-order valence-electron chi connectivity index (χ0n) is 10.6. The average molecular weight is 274 g/mol. The van der Waals surface area contributed by atoms with E-state index in [-0.39, 0.29) is 17.6 Å². The summed E-state index contributed by atoms with van der Waals surface area (Å²) in [6.45, 7) is 1.69. The molecule has 102 valence electrons. The summed E-state index contributed by atoms with van der Waals surface area (Å²) >= 11 is 0. The Labute approximate surface area is 107 Å². The van der Waals surface area contributed by atoms with Gasteiger partial charge in [-0.3, -0.25) is 11.3 Å². The lowest BCUT2D eigenvalue weighted by Gasteiger charge is -2.16. The van der Waals surface area contributed by atoms with E-state index >= 15 is 0 Å². The van der Waals surface area contributed by atoms with E-state index in [4.69, 9.17) is 5.84 Å². The molecule has 1 aromatic rings. The minimum absolute atomic E-state index is 0.111. The Balaban J connectivity index is 2.68. The highest BCUT2D eigenvalue weighted by Gasteiger charge is 2.12. The van der Waals surface area contributed by atoms with Crippen molar-refractivity contribution in [3.63, 3.8) is 0 Å². The summed E-state index contributed by atoms with van der Waals surface area (Å²) < 4.78 is 35.5. The van der Waals surface area contributed by atoms with Crippen LogP contribution < -0.4 is 11.3 Å². The highest BCUT2D eigenvalue weighted by molar-refractivity contribution is 7.90. The quantitative estimate of drug-likeness (QED) is 0.608. The number of benzene rings is 1. The summed E-state index contributed by atoms with van der Waals surface area (Å²) in [5.41, 5.74) is 3.90. The third kappa shape index (κ3) is 4.72. The molecule has 0 aliphatic heterocycles.